The van der Waals surface area contributed by atoms with Crippen molar-refractivity contribution in [1.82, 2.24) is 0 Å². The normalized spacial score (nSPS) is 29.4. The average molecular weight is 168 g/mol. The van der Waals surface area contributed by atoms with Crippen molar-refractivity contribution in [3.05, 3.63) is 4.91 Å². The van der Waals surface area contributed by atoms with Gasteiger partial charge in [0.15, 0.2) is 5.78 Å². The highest BCUT2D eigenvalue weighted by molar-refractivity contribution is 5.84. The molecule has 0 aliphatic carbocycles. The largest absolute Gasteiger partial charge is 0.350 e. The van der Waals surface area contributed by atoms with Crippen LogP contribution < -0.4 is 0 Å². The van der Waals surface area contributed by atoms with Crippen LogP contribution in [0, 0.1) is 16.2 Å². The maximum atomic E-state index is 11.0. The number of nitroso groups, excluding NO2 is 1. The Bertz CT molecular complexity index is 233. The summed E-state index contributed by atoms with van der Waals surface area (Å²) in [6, 6.07) is 1.89. The lowest BCUT2D eigenvalue weighted by Gasteiger charge is -2.22. The molecule has 1 aliphatic heterocycles. The zero-order valence-electron chi connectivity index (χ0n) is 6.40. The van der Waals surface area contributed by atoms with Crippen LogP contribution in [-0.4, -0.2) is 24.5 Å². The molecular formula is C7H8N2O3. The predicted molar refractivity (Wildman–Crippen MR) is 39.2 cm³/mol. The Labute approximate surface area is 69.3 Å². The van der Waals surface area contributed by atoms with Crippen molar-refractivity contribution in [2.75, 3.05) is 6.54 Å². The molecule has 1 heterocycles. The summed E-state index contributed by atoms with van der Waals surface area (Å²) in [6.45, 7) is -0.184. The van der Waals surface area contributed by atoms with Gasteiger partial charge in [-0.15, -0.1) is 0 Å². The number of nitriles is 1. The molecule has 0 saturated carbocycles. The van der Waals surface area contributed by atoms with Crippen LogP contribution >= 0.6 is 0 Å². The maximum Gasteiger partial charge on any atom is 0.163 e. The third kappa shape index (κ3) is 1.86. The standard InChI is InChI=1S/C7H8N2O3/c8-3-5-1-2-6(10)7(12-5)4-9-11/h5,7H,1-2,4H2/t5-,7-/m1/s1. The Morgan fingerprint density at radius 1 is 1.75 bits per heavy atom. The molecule has 0 amide bonds. The highest BCUT2D eigenvalue weighted by Crippen LogP contribution is 2.15. The first-order chi connectivity index (χ1) is 5.77. The van der Waals surface area contributed by atoms with E-state index in [4.69, 9.17) is 10.00 Å². The van der Waals surface area contributed by atoms with Gasteiger partial charge in [-0.25, -0.2) is 0 Å². The van der Waals surface area contributed by atoms with E-state index in [0.717, 1.165) is 0 Å². The van der Waals surface area contributed by atoms with Gasteiger partial charge in [-0.05, 0) is 6.42 Å². The van der Waals surface area contributed by atoms with Gasteiger partial charge in [-0.2, -0.15) is 10.2 Å². The fourth-order valence-electron chi connectivity index (χ4n) is 1.08. The van der Waals surface area contributed by atoms with Gasteiger partial charge in [0.2, 0.25) is 0 Å². The van der Waals surface area contributed by atoms with Gasteiger partial charge in [-0.1, -0.05) is 5.18 Å². The van der Waals surface area contributed by atoms with E-state index in [1.807, 2.05) is 6.07 Å². The lowest BCUT2D eigenvalue weighted by atomic mass is 10.0. The Hall–Kier alpha value is -1.28. The van der Waals surface area contributed by atoms with E-state index in [1.54, 1.807) is 0 Å². The third-order valence-corrected chi connectivity index (χ3v) is 1.72. The molecular weight excluding hydrogens is 160 g/mol. The smallest absolute Gasteiger partial charge is 0.163 e. The van der Waals surface area contributed by atoms with Crippen LogP contribution in [0.2, 0.25) is 0 Å². The Balaban J connectivity index is 2.53. The lowest BCUT2D eigenvalue weighted by Crippen LogP contribution is -2.36. The molecule has 1 saturated heterocycles. The summed E-state index contributed by atoms with van der Waals surface area (Å²) < 4.78 is 4.98. The number of carbonyl (C=O) groups excluding carboxylic acids is 1. The highest BCUT2D eigenvalue weighted by Gasteiger charge is 2.29. The zero-order valence-corrected chi connectivity index (χ0v) is 6.40. The van der Waals surface area contributed by atoms with Crippen molar-refractivity contribution < 1.29 is 9.53 Å². The second-order valence-corrected chi connectivity index (χ2v) is 2.56. The molecule has 0 aromatic rings. The van der Waals surface area contributed by atoms with Crippen molar-refractivity contribution >= 4 is 5.78 Å². The monoisotopic (exact) mass is 168 g/mol. The number of hydrogen-bond acceptors (Lipinski definition) is 5. The minimum absolute atomic E-state index is 0.138. The van der Waals surface area contributed by atoms with Gasteiger partial charge in [0, 0.05) is 6.42 Å². The first-order valence-corrected chi connectivity index (χ1v) is 3.65. The molecule has 1 aliphatic rings. The van der Waals surface area contributed by atoms with Crippen molar-refractivity contribution in [3.8, 4) is 6.07 Å². The second-order valence-electron chi connectivity index (χ2n) is 2.56. The minimum atomic E-state index is -0.791. The van der Waals surface area contributed by atoms with Gasteiger partial charge >= 0.3 is 0 Å². The molecule has 2 atom stereocenters. The maximum absolute atomic E-state index is 11.0. The van der Waals surface area contributed by atoms with E-state index in [1.165, 1.54) is 0 Å². The number of Topliss-reactive ketones (excluding diaryl/α,β-unsaturated/α-hetero) is 1. The van der Waals surface area contributed by atoms with E-state index in [-0.39, 0.29) is 12.3 Å². The van der Waals surface area contributed by atoms with E-state index >= 15 is 0 Å². The predicted octanol–water partition coefficient (Wildman–Crippen LogP) is 0.393. The second kappa shape index (κ2) is 3.93. The summed E-state index contributed by atoms with van der Waals surface area (Å²) in [5, 5.41) is 11.0. The van der Waals surface area contributed by atoms with E-state index in [9.17, 15) is 9.70 Å². The Kier molecular flexibility index (Phi) is 2.88. The molecule has 5 nitrogen and oxygen atoms in total. The molecule has 0 N–H and O–H groups in total. The van der Waals surface area contributed by atoms with E-state index in [2.05, 4.69) is 5.18 Å². The van der Waals surface area contributed by atoms with Crippen LogP contribution in [0.1, 0.15) is 12.8 Å². The van der Waals surface area contributed by atoms with Crippen LogP contribution in [0.25, 0.3) is 0 Å². The molecule has 12 heavy (non-hydrogen) atoms. The first-order valence-electron chi connectivity index (χ1n) is 3.65. The van der Waals surface area contributed by atoms with E-state index < -0.39 is 12.2 Å². The Morgan fingerprint density at radius 3 is 3.08 bits per heavy atom. The van der Waals surface area contributed by atoms with Crippen molar-refractivity contribution in [2.45, 2.75) is 25.0 Å². The van der Waals surface area contributed by atoms with Crippen LogP contribution in [-0.2, 0) is 9.53 Å². The quantitative estimate of drug-likeness (QED) is 0.558. The SMILES string of the molecule is N#C[C@H]1CCC(=O)[C@@H](CN=O)O1. The molecule has 1 fully saturated rings. The number of rotatable bonds is 2. The zero-order chi connectivity index (χ0) is 8.97. The van der Waals surface area contributed by atoms with Gasteiger partial charge < -0.3 is 4.74 Å². The fraction of sp³-hybridized carbons (Fsp3) is 0.714. The van der Waals surface area contributed by atoms with Gasteiger partial charge in [-0.3, -0.25) is 4.79 Å². The van der Waals surface area contributed by atoms with Crippen LogP contribution in [0.15, 0.2) is 5.18 Å². The van der Waals surface area contributed by atoms with Crippen molar-refractivity contribution in [3.63, 3.8) is 0 Å². The average Bonchev–Trinajstić information content (AvgIpc) is 2.09. The molecule has 0 radical (unpaired) electrons. The van der Waals surface area contributed by atoms with Crippen molar-refractivity contribution in [2.24, 2.45) is 5.18 Å². The topological polar surface area (TPSA) is 79.5 Å². The lowest BCUT2D eigenvalue weighted by molar-refractivity contribution is -0.138. The summed E-state index contributed by atoms with van der Waals surface area (Å²) in [5.74, 6) is -0.138. The van der Waals surface area contributed by atoms with Crippen LogP contribution in [0.4, 0.5) is 0 Å². The number of hydrogen-bond donors (Lipinski definition) is 0. The fourth-order valence-corrected chi connectivity index (χ4v) is 1.08. The van der Waals surface area contributed by atoms with Crippen LogP contribution in [0.5, 0.6) is 0 Å². The molecule has 0 unspecified atom stereocenters. The summed E-state index contributed by atoms with van der Waals surface area (Å²) in [7, 11) is 0. The van der Waals surface area contributed by atoms with E-state index in [0.29, 0.717) is 12.8 Å². The van der Waals surface area contributed by atoms with Crippen molar-refractivity contribution in [1.29, 1.82) is 5.26 Å². The minimum Gasteiger partial charge on any atom is -0.350 e. The molecule has 1 rings (SSSR count). The summed E-state index contributed by atoms with van der Waals surface area (Å²) in [6.07, 6.45) is -0.626. The van der Waals surface area contributed by atoms with Gasteiger partial charge in [0.25, 0.3) is 0 Å². The van der Waals surface area contributed by atoms with Gasteiger partial charge in [0.05, 0.1) is 6.07 Å². The number of nitrogens with zero attached hydrogens (tertiary/aromatic N) is 2. The highest BCUT2D eigenvalue weighted by atomic mass is 16.5. The summed E-state index contributed by atoms with van der Waals surface area (Å²) >= 11 is 0. The molecule has 0 aromatic carbocycles. The number of carbonyl (C=O) groups is 1. The summed E-state index contributed by atoms with van der Waals surface area (Å²) in [4.78, 5) is 20.9. The molecule has 0 spiro atoms. The molecule has 0 aromatic heterocycles. The summed E-state index contributed by atoms with van der Waals surface area (Å²) in [5.41, 5.74) is 0. The Morgan fingerprint density at radius 2 is 2.50 bits per heavy atom. The molecule has 0 bridgehead atoms. The van der Waals surface area contributed by atoms with Gasteiger partial charge in [0.1, 0.15) is 18.8 Å². The van der Waals surface area contributed by atoms with Crippen LogP contribution in [0.3, 0.4) is 0 Å². The number of ether oxygens (including phenoxy) is 1. The molecule has 64 valence electrons. The molecule has 5 heteroatoms. The third-order valence-electron chi connectivity index (χ3n) is 1.72. The first kappa shape index (κ1) is 8.81. The number of ketones is 1.